The van der Waals surface area contributed by atoms with Crippen LogP contribution in [0.15, 0.2) is 24.4 Å². The van der Waals surface area contributed by atoms with Crippen molar-refractivity contribution in [3.63, 3.8) is 0 Å². The number of hydrogen-bond donors (Lipinski definition) is 1. The number of carboxylic acids is 1. The second-order valence-corrected chi connectivity index (χ2v) is 7.01. The molecule has 1 saturated heterocycles. The van der Waals surface area contributed by atoms with E-state index in [1.165, 1.54) is 11.1 Å². The third-order valence-electron chi connectivity index (χ3n) is 5.33. The van der Waals surface area contributed by atoms with E-state index >= 15 is 0 Å². The predicted molar refractivity (Wildman–Crippen MR) is 98.3 cm³/mol. The van der Waals surface area contributed by atoms with Crippen LogP contribution in [0.1, 0.15) is 45.5 Å². The Morgan fingerprint density at radius 2 is 1.96 bits per heavy atom. The molecule has 1 fully saturated rings. The minimum absolute atomic E-state index is 0.470. The summed E-state index contributed by atoms with van der Waals surface area (Å²) < 4.78 is 0. The van der Waals surface area contributed by atoms with Crippen LogP contribution in [-0.2, 0) is 6.42 Å². The topological polar surface area (TPSA) is 66.3 Å². The van der Waals surface area contributed by atoms with Crippen molar-refractivity contribution >= 4 is 11.8 Å². The summed E-state index contributed by atoms with van der Waals surface area (Å²) in [6.45, 7) is 7.87. The maximum absolute atomic E-state index is 11.6. The van der Waals surface area contributed by atoms with Gasteiger partial charge in [0.1, 0.15) is 0 Å². The van der Waals surface area contributed by atoms with Crippen molar-refractivity contribution < 1.29 is 9.90 Å². The Balaban J connectivity index is 1.72. The largest absolute Gasteiger partial charge is 0.478 e. The summed E-state index contributed by atoms with van der Waals surface area (Å²) in [5.41, 5.74) is 4.67. The number of rotatable bonds is 4. The summed E-state index contributed by atoms with van der Waals surface area (Å²) in [6.07, 6.45) is 4.82. The minimum Gasteiger partial charge on any atom is -0.478 e. The van der Waals surface area contributed by atoms with E-state index in [0.717, 1.165) is 49.3 Å². The number of carboxylic acid groups (broad SMARTS) is 1. The molecule has 3 rings (SSSR count). The molecule has 1 aliphatic rings. The van der Waals surface area contributed by atoms with Crippen molar-refractivity contribution in [2.45, 2.75) is 40.0 Å². The van der Waals surface area contributed by atoms with Gasteiger partial charge in [0, 0.05) is 19.3 Å². The number of benzene rings is 1. The Morgan fingerprint density at radius 3 is 2.56 bits per heavy atom. The average molecular weight is 339 g/mol. The van der Waals surface area contributed by atoms with E-state index in [1.54, 1.807) is 6.20 Å². The third-order valence-corrected chi connectivity index (χ3v) is 5.33. The fourth-order valence-electron chi connectivity index (χ4n) is 3.99. The van der Waals surface area contributed by atoms with Gasteiger partial charge in [-0.3, -0.25) is 0 Å². The highest BCUT2D eigenvalue weighted by molar-refractivity contribution is 5.91. The van der Waals surface area contributed by atoms with Gasteiger partial charge in [0.2, 0.25) is 0 Å². The van der Waals surface area contributed by atoms with Gasteiger partial charge in [0.05, 0.1) is 5.56 Å². The van der Waals surface area contributed by atoms with Gasteiger partial charge < -0.3 is 10.0 Å². The van der Waals surface area contributed by atoms with Gasteiger partial charge in [-0.2, -0.15) is 5.10 Å². The molecular weight excluding hydrogens is 314 g/mol. The smallest absolute Gasteiger partial charge is 0.336 e. The zero-order valence-corrected chi connectivity index (χ0v) is 15.1. The first-order chi connectivity index (χ1) is 12.0. The first-order valence-corrected chi connectivity index (χ1v) is 8.83. The van der Waals surface area contributed by atoms with Crippen LogP contribution in [0.3, 0.4) is 0 Å². The third kappa shape index (κ3) is 3.65. The van der Waals surface area contributed by atoms with Crippen molar-refractivity contribution in [3.05, 3.63) is 52.2 Å². The van der Waals surface area contributed by atoms with E-state index in [2.05, 4.69) is 22.0 Å². The van der Waals surface area contributed by atoms with Gasteiger partial charge in [0.15, 0.2) is 5.82 Å². The summed E-state index contributed by atoms with van der Waals surface area (Å²) in [6, 6.07) is 5.93. The second-order valence-electron chi connectivity index (χ2n) is 7.01. The molecule has 0 amide bonds. The fourth-order valence-corrected chi connectivity index (χ4v) is 3.99. The summed E-state index contributed by atoms with van der Waals surface area (Å²) in [4.78, 5) is 13.9. The zero-order valence-electron chi connectivity index (χ0n) is 15.1. The lowest BCUT2D eigenvalue weighted by molar-refractivity contribution is 0.0695. The number of nitrogens with zero attached hydrogens (tertiary/aromatic N) is 3. The number of aromatic nitrogens is 2. The highest BCUT2D eigenvalue weighted by atomic mass is 16.4. The molecule has 2 aromatic rings. The van der Waals surface area contributed by atoms with Crippen LogP contribution in [0.2, 0.25) is 0 Å². The molecule has 1 aromatic carbocycles. The average Bonchev–Trinajstić information content (AvgIpc) is 2.59. The molecule has 0 spiro atoms. The molecule has 0 saturated carbocycles. The first-order valence-electron chi connectivity index (χ1n) is 8.83. The summed E-state index contributed by atoms with van der Waals surface area (Å²) in [5.74, 6) is 0.695. The van der Waals surface area contributed by atoms with Gasteiger partial charge in [-0.25, -0.2) is 4.79 Å². The normalized spacial score (nSPS) is 15.4. The Morgan fingerprint density at radius 1 is 1.24 bits per heavy atom. The lowest BCUT2D eigenvalue weighted by Gasteiger charge is -2.33. The van der Waals surface area contributed by atoms with Crippen molar-refractivity contribution in [3.8, 4) is 0 Å². The highest BCUT2D eigenvalue weighted by Gasteiger charge is 2.23. The SMILES string of the molecule is Cc1cc(C)c(C(=O)O)c(C)c1CC1CCN(c2cccnn2)CC1. The molecule has 5 heteroatoms. The molecule has 5 nitrogen and oxygen atoms in total. The Labute approximate surface area is 148 Å². The molecule has 0 aliphatic carbocycles. The van der Waals surface area contributed by atoms with E-state index in [9.17, 15) is 9.90 Å². The predicted octanol–water partition coefficient (Wildman–Crippen LogP) is 3.56. The van der Waals surface area contributed by atoms with Gasteiger partial charge in [-0.15, -0.1) is 5.10 Å². The molecule has 25 heavy (non-hydrogen) atoms. The van der Waals surface area contributed by atoms with Crippen molar-refractivity contribution in [1.29, 1.82) is 0 Å². The number of hydrogen-bond acceptors (Lipinski definition) is 4. The molecule has 1 aliphatic heterocycles. The van der Waals surface area contributed by atoms with E-state index in [1.807, 2.05) is 32.0 Å². The van der Waals surface area contributed by atoms with Gasteiger partial charge in [-0.05, 0) is 80.3 Å². The summed E-state index contributed by atoms with van der Waals surface area (Å²) in [5, 5.41) is 17.7. The molecule has 1 aromatic heterocycles. The van der Waals surface area contributed by atoms with Crippen LogP contribution in [0.25, 0.3) is 0 Å². The number of anilines is 1. The summed E-state index contributed by atoms with van der Waals surface area (Å²) in [7, 11) is 0. The molecule has 2 heterocycles. The molecule has 0 radical (unpaired) electrons. The van der Waals surface area contributed by atoms with Crippen LogP contribution in [0, 0.1) is 26.7 Å². The zero-order chi connectivity index (χ0) is 18.0. The van der Waals surface area contributed by atoms with Crippen LogP contribution in [0.5, 0.6) is 0 Å². The molecular formula is C20H25N3O2. The van der Waals surface area contributed by atoms with Gasteiger partial charge >= 0.3 is 5.97 Å². The fraction of sp³-hybridized carbons (Fsp3) is 0.450. The molecule has 0 unspecified atom stereocenters. The Hall–Kier alpha value is -2.43. The number of aryl methyl sites for hydroxylation is 2. The maximum atomic E-state index is 11.6. The van der Waals surface area contributed by atoms with E-state index < -0.39 is 5.97 Å². The lowest BCUT2D eigenvalue weighted by atomic mass is 9.84. The maximum Gasteiger partial charge on any atom is 0.336 e. The standard InChI is InChI=1S/C20H25N3O2/c1-13-11-14(2)19(20(24)25)15(3)17(13)12-16-6-9-23(10-7-16)18-5-4-8-21-22-18/h4-5,8,11,16H,6-7,9-10,12H2,1-3H3,(H,24,25). The number of piperidine rings is 1. The quantitative estimate of drug-likeness (QED) is 0.922. The van der Waals surface area contributed by atoms with E-state index in [0.29, 0.717) is 11.5 Å². The lowest BCUT2D eigenvalue weighted by Crippen LogP contribution is -2.35. The number of carbonyl (C=O) groups is 1. The van der Waals surface area contributed by atoms with Crippen molar-refractivity contribution in [1.82, 2.24) is 10.2 Å². The molecule has 1 N–H and O–H groups in total. The van der Waals surface area contributed by atoms with E-state index in [-0.39, 0.29) is 0 Å². The Bertz CT molecular complexity index is 766. The van der Waals surface area contributed by atoms with Crippen molar-refractivity contribution in [2.24, 2.45) is 5.92 Å². The number of aromatic carboxylic acids is 1. The monoisotopic (exact) mass is 339 g/mol. The first kappa shape index (κ1) is 17.4. The van der Waals surface area contributed by atoms with Crippen LogP contribution < -0.4 is 4.90 Å². The highest BCUT2D eigenvalue weighted by Crippen LogP contribution is 2.29. The van der Waals surface area contributed by atoms with Gasteiger partial charge in [0.25, 0.3) is 0 Å². The molecule has 0 bridgehead atoms. The van der Waals surface area contributed by atoms with E-state index in [4.69, 9.17) is 0 Å². The molecule has 132 valence electrons. The van der Waals surface area contributed by atoms with Crippen LogP contribution in [0.4, 0.5) is 5.82 Å². The van der Waals surface area contributed by atoms with Crippen LogP contribution >= 0.6 is 0 Å². The summed E-state index contributed by atoms with van der Waals surface area (Å²) >= 11 is 0. The Kier molecular flexibility index (Phi) is 5.02. The minimum atomic E-state index is -0.825. The molecule has 0 atom stereocenters. The second kappa shape index (κ2) is 7.21. The van der Waals surface area contributed by atoms with Gasteiger partial charge in [-0.1, -0.05) is 6.07 Å². The van der Waals surface area contributed by atoms with Crippen LogP contribution in [-0.4, -0.2) is 34.4 Å². The van der Waals surface area contributed by atoms with Crippen molar-refractivity contribution in [2.75, 3.05) is 18.0 Å².